The topological polar surface area (TPSA) is 119 Å². The highest BCUT2D eigenvalue weighted by molar-refractivity contribution is 7.92. The molecule has 0 bridgehead atoms. The van der Waals surface area contributed by atoms with E-state index in [1.807, 2.05) is 0 Å². The normalized spacial score (nSPS) is 13.4. The second-order valence-corrected chi connectivity index (χ2v) is 11.3. The quantitative estimate of drug-likeness (QED) is 0.611. The maximum Gasteiger partial charge on any atom is 0.410 e. The van der Waals surface area contributed by atoms with Gasteiger partial charge in [0.2, 0.25) is 0 Å². The summed E-state index contributed by atoms with van der Waals surface area (Å²) in [5, 5.41) is 2.49. The zero-order valence-corrected chi connectivity index (χ0v) is 20.5. The number of benzene rings is 1. The predicted molar refractivity (Wildman–Crippen MR) is 124 cm³/mol. The van der Waals surface area contributed by atoms with E-state index in [2.05, 4.69) is 5.32 Å². The first-order chi connectivity index (χ1) is 15.6. The Morgan fingerprint density at radius 2 is 1.85 bits per heavy atom. The van der Waals surface area contributed by atoms with Gasteiger partial charge in [0.25, 0.3) is 5.91 Å². The number of nitrogens with one attached hydrogen (secondary N) is 1. The number of carbonyl (C=O) groups is 3. The van der Waals surface area contributed by atoms with Crippen LogP contribution >= 0.6 is 11.3 Å². The summed E-state index contributed by atoms with van der Waals surface area (Å²) >= 11 is 1.20. The fraction of sp³-hybridized carbons (Fsp3) is 0.409. The molecule has 0 atom stereocenters. The Hall–Kier alpha value is -2.92. The molecule has 1 aromatic heterocycles. The van der Waals surface area contributed by atoms with Gasteiger partial charge in [-0.3, -0.25) is 4.79 Å². The van der Waals surface area contributed by atoms with Crippen LogP contribution in [0.3, 0.4) is 0 Å². The van der Waals surface area contributed by atoms with Crippen LogP contribution in [0, 0.1) is 0 Å². The number of esters is 1. The maximum absolute atomic E-state index is 12.9. The minimum atomic E-state index is -3.45. The molecular weight excluding hydrogens is 468 g/mol. The summed E-state index contributed by atoms with van der Waals surface area (Å²) < 4.78 is 34.6. The van der Waals surface area contributed by atoms with E-state index in [4.69, 9.17) is 9.47 Å². The van der Waals surface area contributed by atoms with Gasteiger partial charge in [0.1, 0.15) is 5.00 Å². The lowest BCUT2D eigenvalue weighted by atomic mass is 10.0. The number of methoxy groups -OCH3 is 1. The molecule has 0 radical (unpaired) electrons. The second kappa shape index (κ2) is 9.92. The fourth-order valence-electron chi connectivity index (χ4n) is 3.42. The Morgan fingerprint density at radius 1 is 1.18 bits per heavy atom. The lowest BCUT2D eigenvalue weighted by Gasteiger charge is -2.26. The zero-order chi connectivity index (χ0) is 24.3. The molecule has 9 nitrogen and oxygen atoms in total. The number of carbonyl (C=O) groups excluding carboxylic acids is 3. The Balaban J connectivity index is 1.87. The number of hydrogen-bond acceptors (Lipinski definition) is 8. The molecule has 0 aliphatic carbocycles. The first-order valence-electron chi connectivity index (χ1n) is 10.4. The number of nitrogens with zero attached hydrogens (tertiary/aromatic N) is 1. The maximum atomic E-state index is 12.9. The molecule has 1 aliphatic rings. The summed E-state index contributed by atoms with van der Waals surface area (Å²) in [6.07, 6.45) is -0.00890. The van der Waals surface area contributed by atoms with Gasteiger partial charge in [0, 0.05) is 17.0 Å². The average Bonchev–Trinajstić information content (AvgIpc) is 3.15. The molecule has 0 saturated carbocycles. The molecule has 2 amide bonds. The van der Waals surface area contributed by atoms with Crippen LogP contribution in [0.2, 0.25) is 0 Å². The van der Waals surface area contributed by atoms with Crippen molar-refractivity contribution >= 4 is 44.1 Å². The van der Waals surface area contributed by atoms with Gasteiger partial charge in [0.15, 0.2) is 9.84 Å². The molecule has 0 fully saturated rings. The molecule has 2 heterocycles. The largest absolute Gasteiger partial charge is 0.465 e. The highest BCUT2D eigenvalue weighted by Crippen LogP contribution is 2.38. The lowest BCUT2D eigenvalue weighted by molar-refractivity contribution is 0.0600. The number of thiophene rings is 1. The smallest absolute Gasteiger partial charge is 0.410 e. The molecule has 0 spiro atoms. The summed E-state index contributed by atoms with van der Waals surface area (Å²) in [7, 11) is -2.19. The van der Waals surface area contributed by atoms with E-state index in [0.717, 1.165) is 10.4 Å². The predicted octanol–water partition coefficient (Wildman–Crippen LogP) is 3.48. The van der Waals surface area contributed by atoms with Crippen molar-refractivity contribution in [1.82, 2.24) is 4.90 Å². The third kappa shape index (κ3) is 5.03. The van der Waals surface area contributed by atoms with Crippen LogP contribution in [-0.4, -0.2) is 56.8 Å². The summed E-state index contributed by atoms with van der Waals surface area (Å²) in [4.78, 5) is 39.9. The van der Waals surface area contributed by atoms with Gasteiger partial charge in [-0.15, -0.1) is 11.3 Å². The van der Waals surface area contributed by atoms with Crippen LogP contribution in [-0.2, 0) is 32.3 Å². The van der Waals surface area contributed by atoms with Gasteiger partial charge < -0.3 is 19.7 Å². The molecule has 3 rings (SSSR count). The number of sulfone groups is 1. The third-order valence-corrected chi connectivity index (χ3v) is 8.57. The molecule has 178 valence electrons. The Bertz CT molecular complexity index is 1170. The average molecular weight is 495 g/mol. The summed E-state index contributed by atoms with van der Waals surface area (Å²) in [6.45, 7) is 5.81. The van der Waals surface area contributed by atoms with E-state index in [0.29, 0.717) is 18.0 Å². The molecule has 1 N–H and O–H groups in total. The van der Waals surface area contributed by atoms with Crippen LogP contribution in [0.1, 0.15) is 51.9 Å². The Morgan fingerprint density at radius 3 is 2.42 bits per heavy atom. The van der Waals surface area contributed by atoms with Crippen LogP contribution < -0.4 is 5.32 Å². The van der Waals surface area contributed by atoms with Crippen LogP contribution in [0.4, 0.5) is 9.80 Å². The zero-order valence-electron chi connectivity index (χ0n) is 18.8. The van der Waals surface area contributed by atoms with Gasteiger partial charge in [-0.25, -0.2) is 18.0 Å². The van der Waals surface area contributed by atoms with Crippen molar-refractivity contribution in [2.75, 3.05) is 25.6 Å². The highest BCUT2D eigenvalue weighted by atomic mass is 32.2. The van der Waals surface area contributed by atoms with Gasteiger partial charge >= 0.3 is 12.1 Å². The standard InChI is InChI=1S/C22H26N2O7S2/c1-5-31-22(27)24-11-10-16-17(12-24)32-20(18(16)21(26)30-4)23-19(25)14-6-8-15(9-7-14)33(28,29)13(2)3/h6-9,13H,5,10-12H2,1-4H3,(H,23,25). The molecule has 33 heavy (non-hydrogen) atoms. The molecule has 0 saturated heterocycles. The minimum absolute atomic E-state index is 0.134. The van der Waals surface area contributed by atoms with E-state index < -0.39 is 33.1 Å². The van der Waals surface area contributed by atoms with Crippen LogP contribution in [0.25, 0.3) is 0 Å². The third-order valence-electron chi connectivity index (χ3n) is 5.27. The van der Waals surface area contributed by atoms with Crippen molar-refractivity contribution in [3.63, 3.8) is 0 Å². The number of anilines is 1. The van der Waals surface area contributed by atoms with Crippen molar-refractivity contribution in [1.29, 1.82) is 0 Å². The van der Waals surface area contributed by atoms with Crippen molar-refractivity contribution in [3.05, 3.63) is 45.8 Å². The molecular formula is C22H26N2O7S2. The van der Waals surface area contributed by atoms with Gasteiger partial charge in [0.05, 0.1) is 36.0 Å². The van der Waals surface area contributed by atoms with Gasteiger partial charge in [-0.1, -0.05) is 0 Å². The first-order valence-corrected chi connectivity index (χ1v) is 12.8. The van der Waals surface area contributed by atoms with Crippen molar-refractivity contribution in [2.24, 2.45) is 0 Å². The summed E-state index contributed by atoms with van der Waals surface area (Å²) in [6, 6.07) is 5.64. The number of hydrogen-bond donors (Lipinski definition) is 1. The van der Waals surface area contributed by atoms with Gasteiger partial charge in [-0.2, -0.15) is 0 Å². The summed E-state index contributed by atoms with van der Waals surface area (Å²) in [5.74, 6) is -1.07. The van der Waals surface area contributed by atoms with E-state index >= 15 is 0 Å². The molecule has 1 aliphatic heterocycles. The fourth-order valence-corrected chi connectivity index (χ4v) is 5.73. The molecule has 11 heteroatoms. The van der Waals surface area contributed by atoms with Crippen LogP contribution in [0.5, 0.6) is 0 Å². The highest BCUT2D eigenvalue weighted by Gasteiger charge is 2.31. The number of fused-ring (bicyclic) bond motifs is 1. The van der Waals surface area contributed by atoms with Crippen molar-refractivity contribution in [3.8, 4) is 0 Å². The number of ether oxygens (including phenoxy) is 2. The monoisotopic (exact) mass is 494 g/mol. The number of amides is 2. The van der Waals surface area contributed by atoms with E-state index in [1.54, 1.807) is 25.7 Å². The van der Waals surface area contributed by atoms with Gasteiger partial charge in [-0.05, 0) is 57.0 Å². The molecule has 0 unspecified atom stereocenters. The summed E-state index contributed by atoms with van der Waals surface area (Å²) in [5.41, 5.74) is 1.25. The van der Waals surface area contributed by atoms with Crippen molar-refractivity contribution in [2.45, 2.75) is 43.9 Å². The second-order valence-electron chi connectivity index (χ2n) is 7.64. The lowest BCUT2D eigenvalue weighted by Crippen LogP contribution is -2.36. The minimum Gasteiger partial charge on any atom is -0.465 e. The molecule has 2 aromatic rings. The first kappa shape index (κ1) is 24.7. The van der Waals surface area contributed by atoms with Crippen LogP contribution in [0.15, 0.2) is 29.2 Å². The number of rotatable bonds is 6. The van der Waals surface area contributed by atoms with E-state index in [-0.39, 0.29) is 29.2 Å². The molecule has 1 aromatic carbocycles. The van der Waals surface area contributed by atoms with E-state index in [9.17, 15) is 22.8 Å². The van der Waals surface area contributed by atoms with Crippen molar-refractivity contribution < 1.29 is 32.3 Å². The Kier molecular flexibility index (Phi) is 7.43. The Labute approximate surface area is 196 Å². The van der Waals surface area contributed by atoms with E-state index in [1.165, 1.54) is 42.7 Å². The SMILES string of the molecule is CCOC(=O)N1CCc2c(sc(NC(=O)c3ccc(S(=O)(=O)C(C)C)cc3)c2C(=O)OC)C1.